The van der Waals surface area contributed by atoms with Crippen LogP contribution in [0.2, 0.25) is 0 Å². The van der Waals surface area contributed by atoms with Crippen LogP contribution in [0.1, 0.15) is 17.5 Å². The minimum Gasteiger partial charge on any atom is -0.460 e. The summed E-state index contributed by atoms with van der Waals surface area (Å²) < 4.78 is 10.3. The maximum atomic E-state index is 12.2. The van der Waals surface area contributed by atoms with Crippen molar-refractivity contribution in [3.63, 3.8) is 0 Å². The van der Waals surface area contributed by atoms with Crippen molar-refractivity contribution in [2.75, 3.05) is 6.61 Å². The Morgan fingerprint density at radius 1 is 1.05 bits per heavy atom. The molecular formula is C18H14O4. The molecule has 0 amide bonds. The van der Waals surface area contributed by atoms with Crippen LogP contribution < -0.4 is 5.43 Å². The van der Waals surface area contributed by atoms with E-state index in [1.807, 2.05) is 36.4 Å². The van der Waals surface area contributed by atoms with Crippen LogP contribution in [-0.2, 0) is 4.74 Å². The van der Waals surface area contributed by atoms with Crippen molar-refractivity contribution in [1.29, 1.82) is 0 Å². The second kappa shape index (κ2) is 5.85. The Kier molecular flexibility index (Phi) is 3.74. The van der Waals surface area contributed by atoms with Gasteiger partial charge in [-0.3, -0.25) is 4.79 Å². The van der Waals surface area contributed by atoms with E-state index >= 15 is 0 Å². The van der Waals surface area contributed by atoms with Gasteiger partial charge in [0, 0.05) is 6.07 Å². The fourth-order valence-electron chi connectivity index (χ4n) is 2.27. The highest BCUT2D eigenvalue weighted by atomic mass is 16.5. The first-order valence-corrected chi connectivity index (χ1v) is 6.99. The second-order valence-corrected chi connectivity index (χ2v) is 4.77. The van der Waals surface area contributed by atoms with Gasteiger partial charge in [0.2, 0.25) is 5.76 Å². The predicted molar refractivity (Wildman–Crippen MR) is 83.9 cm³/mol. The van der Waals surface area contributed by atoms with Crippen LogP contribution in [0.3, 0.4) is 0 Å². The molecule has 3 aromatic rings. The first-order chi connectivity index (χ1) is 10.7. The van der Waals surface area contributed by atoms with Gasteiger partial charge in [0.15, 0.2) is 5.43 Å². The van der Waals surface area contributed by atoms with Gasteiger partial charge in [-0.2, -0.15) is 0 Å². The summed E-state index contributed by atoms with van der Waals surface area (Å²) in [6, 6.07) is 16.2. The Balaban J connectivity index is 2.11. The van der Waals surface area contributed by atoms with Crippen molar-refractivity contribution in [2.45, 2.75) is 6.92 Å². The molecule has 0 spiro atoms. The third kappa shape index (κ3) is 2.63. The van der Waals surface area contributed by atoms with E-state index in [4.69, 9.17) is 9.15 Å². The molecule has 0 aliphatic carbocycles. The molecule has 1 heterocycles. The van der Waals surface area contributed by atoms with E-state index in [0.717, 1.165) is 11.1 Å². The molecule has 0 radical (unpaired) electrons. The normalized spacial score (nSPS) is 10.6. The molecule has 0 N–H and O–H groups in total. The van der Waals surface area contributed by atoms with Crippen LogP contribution in [-0.4, -0.2) is 12.6 Å². The van der Waals surface area contributed by atoms with Crippen LogP contribution in [0.4, 0.5) is 0 Å². The molecule has 3 rings (SSSR count). The Hall–Kier alpha value is -2.88. The Labute approximate surface area is 127 Å². The second-order valence-electron chi connectivity index (χ2n) is 4.77. The molecule has 4 heteroatoms. The zero-order valence-corrected chi connectivity index (χ0v) is 12.0. The molecule has 0 aliphatic rings. The number of carbonyl (C=O) groups is 1. The SMILES string of the molecule is CCOC(=O)c1cc(=O)c2cc(-c3ccccc3)ccc2o1. The van der Waals surface area contributed by atoms with Crippen LogP contribution in [0.15, 0.2) is 63.8 Å². The highest BCUT2D eigenvalue weighted by Crippen LogP contribution is 2.23. The molecule has 0 aliphatic heterocycles. The number of hydrogen-bond acceptors (Lipinski definition) is 4. The number of hydrogen-bond donors (Lipinski definition) is 0. The highest BCUT2D eigenvalue weighted by Gasteiger charge is 2.13. The summed E-state index contributed by atoms with van der Waals surface area (Å²) >= 11 is 0. The van der Waals surface area contributed by atoms with E-state index in [2.05, 4.69) is 0 Å². The smallest absolute Gasteiger partial charge is 0.374 e. The molecule has 0 unspecified atom stereocenters. The molecule has 2 aromatic carbocycles. The summed E-state index contributed by atoms with van der Waals surface area (Å²) in [5.74, 6) is -0.708. The summed E-state index contributed by atoms with van der Waals surface area (Å²) in [4.78, 5) is 23.9. The fraction of sp³-hybridized carbons (Fsp3) is 0.111. The standard InChI is InChI=1S/C18H14O4/c1-2-21-18(20)17-11-15(19)14-10-13(8-9-16(14)22-17)12-6-4-3-5-7-12/h3-11H,2H2,1H3. The number of ether oxygens (including phenoxy) is 1. The van der Waals surface area contributed by atoms with Crippen molar-refractivity contribution < 1.29 is 13.9 Å². The molecule has 0 saturated heterocycles. The topological polar surface area (TPSA) is 56.5 Å². The largest absolute Gasteiger partial charge is 0.460 e. The van der Waals surface area contributed by atoms with E-state index in [0.29, 0.717) is 11.0 Å². The molecule has 0 bridgehead atoms. The molecule has 110 valence electrons. The van der Waals surface area contributed by atoms with Crippen molar-refractivity contribution in [3.8, 4) is 11.1 Å². The number of benzene rings is 2. The van der Waals surface area contributed by atoms with E-state index in [9.17, 15) is 9.59 Å². The van der Waals surface area contributed by atoms with E-state index in [1.54, 1.807) is 19.1 Å². The van der Waals surface area contributed by atoms with Crippen LogP contribution in [0, 0.1) is 0 Å². The van der Waals surface area contributed by atoms with Crippen LogP contribution >= 0.6 is 0 Å². The lowest BCUT2D eigenvalue weighted by molar-refractivity contribution is 0.0490. The summed E-state index contributed by atoms with van der Waals surface area (Å²) in [6.45, 7) is 1.93. The lowest BCUT2D eigenvalue weighted by Crippen LogP contribution is -2.10. The molecule has 22 heavy (non-hydrogen) atoms. The Morgan fingerprint density at radius 3 is 2.55 bits per heavy atom. The molecule has 0 fully saturated rings. The van der Waals surface area contributed by atoms with E-state index in [1.165, 1.54) is 6.07 Å². The average molecular weight is 294 g/mol. The van der Waals surface area contributed by atoms with Crippen molar-refractivity contribution >= 4 is 16.9 Å². The van der Waals surface area contributed by atoms with E-state index < -0.39 is 5.97 Å². The molecule has 4 nitrogen and oxygen atoms in total. The molecular weight excluding hydrogens is 280 g/mol. The predicted octanol–water partition coefficient (Wildman–Crippen LogP) is 3.64. The molecule has 0 saturated carbocycles. The van der Waals surface area contributed by atoms with Crippen molar-refractivity contribution in [2.24, 2.45) is 0 Å². The number of rotatable bonds is 3. The first-order valence-electron chi connectivity index (χ1n) is 6.99. The zero-order chi connectivity index (χ0) is 15.5. The highest BCUT2D eigenvalue weighted by molar-refractivity contribution is 5.90. The summed E-state index contributed by atoms with van der Waals surface area (Å²) in [5, 5.41) is 0.439. The Morgan fingerprint density at radius 2 is 1.82 bits per heavy atom. The quantitative estimate of drug-likeness (QED) is 0.692. The van der Waals surface area contributed by atoms with Gasteiger partial charge in [-0.05, 0) is 30.2 Å². The minimum absolute atomic E-state index is 0.0770. The maximum absolute atomic E-state index is 12.2. The number of esters is 1. The lowest BCUT2D eigenvalue weighted by Gasteiger charge is -2.05. The van der Waals surface area contributed by atoms with Crippen LogP contribution in [0.25, 0.3) is 22.1 Å². The van der Waals surface area contributed by atoms with Crippen LogP contribution in [0.5, 0.6) is 0 Å². The van der Waals surface area contributed by atoms with Gasteiger partial charge in [0.25, 0.3) is 0 Å². The third-order valence-electron chi connectivity index (χ3n) is 3.31. The lowest BCUT2D eigenvalue weighted by atomic mass is 10.0. The number of fused-ring (bicyclic) bond motifs is 1. The monoisotopic (exact) mass is 294 g/mol. The van der Waals surface area contributed by atoms with Gasteiger partial charge in [-0.1, -0.05) is 36.4 Å². The summed E-state index contributed by atoms with van der Waals surface area (Å²) in [5.41, 5.74) is 2.04. The van der Waals surface area contributed by atoms with Gasteiger partial charge >= 0.3 is 5.97 Å². The number of carbonyl (C=O) groups excluding carboxylic acids is 1. The van der Waals surface area contributed by atoms with Gasteiger partial charge < -0.3 is 9.15 Å². The minimum atomic E-state index is -0.631. The Bertz CT molecular complexity index is 878. The maximum Gasteiger partial charge on any atom is 0.374 e. The first kappa shape index (κ1) is 14.1. The van der Waals surface area contributed by atoms with Gasteiger partial charge in [-0.15, -0.1) is 0 Å². The third-order valence-corrected chi connectivity index (χ3v) is 3.31. The van der Waals surface area contributed by atoms with E-state index in [-0.39, 0.29) is 17.8 Å². The van der Waals surface area contributed by atoms with Gasteiger partial charge in [-0.25, -0.2) is 4.79 Å². The summed E-state index contributed by atoms with van der Waals surface area (Å²) in [6.07, 6.45) is 0. The van der Waals surface area contributed by atoms with Crippen molar-refractivity contribution in [3.05, 3.63) is 70.6 Å². The molecule has 0 atom stereocenters. The summed E-state index contributed by atoms with van der Waals surface area (Å²) in [7, 11) is 0. The fourth-order valence-corrected chi connectivity index (χ4v) is 2.27. The van der Waals surface area contributed by atoms with Gasteiger partial charge in [0.05, 0.1) is 12.0 Å². The van der Waals surface area contributed by atoms with Gasteiger partial charge in [0.1, 0.15) is 5.58 Å². The zero-order valence-electron chi connectivity index (χ0n) is 12.0. The molecule has 1 aromatic heterocycles. The average Bonchev–Trinajstić information content (AvgIpc) is 2.55. The van der Waals surface area contributed by atoms with Crippen molar-refractivity contribution in [1.82, 2.24) is 0 Å².